The van der Waals surface area contributed by atoms with Crippen molar-refractivity contribution in [2.24, 2.45) is 10.9 Å². The van der Waals surface area contributed by atoms with Crippen LogP contribution in [0, 0.1) is 5.92 Å². The van der Waals surface area contributed by atoms with Gasteiger partial charge in [-0.3, -0.25) is 19.4 Å². The number of ether oxygens (including phenoxy) is 1. The molecule has 0 saturated heterocycles. The zero-order valence-corrected chi connectivity index (χ0v) is 27.1. The van der Waals surface area contributed by atoms with Gasteiger partial charge < -0.3 is 15.4 Å². The predicted octanol–water partition coefficient (Wildman–Crippen LogP) is 5.26. The first-order chi connectivity index (χ1) is 19.6. The number of hydrogen-bond acceptors (Lipinski definition) is 10. The smallest absolute Gasteiger partial charge is 0.329 e. The maximum Gasteiger partial charge on any atom is 0.329 e. The third-order valence-corrected chi connectivity index (χ3v) is 10.3. The Hall–Kier alpha value is -1.92. The molecule has 3 atom stereocenters. The lowest BCUT2D eigenvalue weighted by atomic mass is 10.00. The highest BCUT2D eigenvalue weighted by Gasteiger charge is 2.41. The van der Waals surface area contributed by atoms with Crippen LogP contribution in [0.4, 0.5) is 0 Å². The Bertz CT molecular complexity index is 1090. The molecule has 1 unspecified atom stereocenters. The van der Waals surface area contributed by atoms with Gasteiger partial charge in [0.15, 0.2) is 5.12 Å². The summed E-state index contributed by atoms with van der Waals surface area (Å²) < 4.78 is 5.86. The lowest BCUT2D eigenvalue weighted by molar-refractivity contribution is -0.156. The highest BCUT2D eigenvalue weighted by Crippen LogP contribution is 2.32. The van der Waals surface area contributed by atoms with Crippen molar-refractivity contribution in [2.45, 2.75) is 116 Å². The van der Waals surface area contributed by atoms with Crippen LogP contribution in [0.2, 0.25) is 0 Å². The quantitative estimate of drug-likeness (QED) is 0.238. The number of hydrogen-bond donors (Lipinski definition) is 2. The number of nitrogens with zero attached hydrogens (tertiary/aromatic N) is 2. The Kier molecular flexibility index (Phi) is 13.6. The molecule has 0 aromatic carbocycles. The third-order valence-electron chi connectivity index (χ3n) is 7.11. The number of carbonyl (C=O) groups is 4. The van der Waals surface area contributed by atoms with E-state index in [9.17, 15) is 19.2 Å². The van der Waals surface area contributed by atoms with E-state index in [1.165, 1.54) is 54.1 Å². The van der Waals surface area contributed by atoms with E-state index in [0.29, 0.717) is 41.5 Å². The van der Waals surface area contributed by atoms with Crippen molar-refractivity contribution < 1.29 is 23.9 Å². The molecule has 41 heavy (non-hydrogen) atoms. The van der Waals surface area contributed by atoms with Crippen LogP contribution in [-0.4, -0.2) is 62.1 Å². The maximum absolute atomic E-state index is 13.3. The summed E-state index contributed by atoms with van der Waals surface area (Å²) >= 11 is 4.25. The molecule has 3 heterocycles. The largest absolute Gasteiger partial charge is 0.460 e. The van der Waals surface area contributed by atoms with E-state index < -0.39 is 23.7 Å². The average molecular weight is 625 g/mol. The fourth-order valence-electron chi connectivity index (χ4n) is 4.53. The number of nitrogens with one attached hydrogen (secondary N) is 2. The molecular formula is C29H44N4O5S3. The molecule has 0 spiro atoms. The van der Waals surface area contributed by atoms with E-state index in [1.807, 2.05) is 19.2 Å². The van der Waals surface area contributed by atoms with Crippen LogP contribution in [-0.2, 0) is 30.5 Å². The molecule has 228 valence electrons. The number of esters is 1. The molecule has 3 rings (SSSR count). The van der Waals surface area contributed by atoms with Crippen LogP contribution >= 0.6 is 34.9 Å². The van der Waals surface area contributed by atoms with E-state index in [0.717, 1.165) is 24.3 Å². The zero-order valence-electron chi connectivity index (χ0n) is 24.7. The minimum atomic E-state index is -1.02. The lowest BCUT2D eigenvalue weighted by Gasteiger charge is -2.27. The molecule has 9 nitrogen and oxygen atoms in total. The SMILES string of the molecule is CCCCCCCC(=O)SCCCCC1CC(=O)NCc2nc(cs2)C2=N[C@@](C)(CS2)C(=O)N[C@@H](C(C)C)C(=O)O1. The number of carbonyl (C=O) groups excluding carboxylic acids is 4. The van der Waals surface area contributed by atoms with Crippen molar-refractivity contribution in [2.75, 3.05) is 11.5 Å². The molecule has 4 bridgehead atoms. The van der Waals surface area contributed by atoms with E-state index >= 15 is 0 Å². The summed E-state index contributed by atoms with van der Waals surface area (Å²) in [6.07, 6.45) is 7.62. The van der Waals surface area contributed by atoms with Crippen LogP contribution in [0.15, 0.2) is 10.4 Å². The van der Waals surface area contributed by atoms with E-state index in [2.05, 4.69) is 27.5 Å². The van der Waals surface area contributed by atoms with Crippen LogP contribution in [0.5, 0.6) is 0 Å². The third kappa shape index (κ3) is 10.7. The van der Waals surface area contributed by atoms with Gasteiger partial charge in [-0.15, -0.1) is 23.1 Å². The summed E-state index contributed by atoms with van der Waals surface area (Å²) in [7, 11) is 0. The van der Waals surface area contributed by atoms with Gasteiger partial charge in [-0.25, -0.2) is 9.78 Å². The van der Waals surface area contributed by atoms with E-state index in [1.54, 1.807) is 6.92 Å². The standard InChI is InChI=1S/C29H44N4O5S3/c1-5-6-7-8-9-13-24(35)39-14-11-10-12-20-15-22(34)30-16-23-31-21(17-40-23)26-33-29(4,18-41-26)28(37)32-25(19(2)3)27(36)38-20/h17,19-20,25H,5-16,18H2,1-4H3,(H,30,34)(H,32,37)/t20?,25-,29-/m0/s1. The fourth-order valence-corrected chi connectivity index (χ4v) is 7.32. The van der Waals surface area contributed by atoms with Crippen molar-refractivity contribution in [3.63, 3.8) is 0 Å². The summed E-state index contributed by atoms with van der Waals surface area (Å²) in [6, 6.07) is -0.863. The molecule has 0 aliphatic carbocycles. The zero-order chi connectivity index (χ0) is 29.8. The van der Waals surface area contributed by atoms with Gasteiger partial charge in [-0.05, 0) is 38.5 Å². The van der Waals surface area contributed by atoms with E-state index in [-0.39, 0.29) is 35.8 Å². The first kappa shape index (κ1) is 33.6. The van der Waals surface area contributed by atoms with Crippen LogP contribution in [0.1, 0.15) is 103 Å². The topological polar surface area (TPSA) is 127 Å². The first-order valence-electron chi connectivity index (χ1n) is 14.7. The highest BCUT2D eigenvalue weighted by atomic mass is 32.2. The normalized spacial score (nSPS) is 23.6. The molecule has 2 N–H and O–H groups in total. The summed E-state index contributed by atoms with van der Waals surface area (Å²) in [5, 5.41) is 9.30. The second kappa shape index (κ2) is 16.6. The number of unbranched alkanes of at least 4 members (excludes halogenated alkanes) is 5. The maximum atomic E-state index is 13.3. The molecule has 2 amide bonds. The number of rotatable bonds is 12. The lowest BCUT2D eigenvalue weighted by Crippen LogP contribution is -2.53. The second-order valence-electron chi connectivity index (χ2n) is 11.2. The minimum Gasteiger partial charge on any atom is -0.460 e. The molecule has 2 aliphatic rings. The molecule has 12 heteroatoms. The molecule has 0 saturated carbocycles. The van der Waals surface area contributed by atoms with Gasteiger partial charge >= 0.3 is 5.97 Å². The number of thiazole rings is 1. The van der Waals surface area contributed by atoms with Crippen LogP contribution < -0.4 is 10.6 Å². The molecule has 1 aromatic heterocycles. The number of cyclic esters (lactones) is 1. The Morgan fingerprint density at radius 1 is 1.17 bits per heavy atom. The van der Waals surface area contributed by atoms with Crippen molar-refractivity contribution in [1.82, 2.24) is 15.6 Å². The molecule has 1 aromatic rings. The Balaban J connectivity index is 1.61. The Morgan fingerprint density at radius 3 is 2.71 bits per heavy atom. The predicted molar refractivity (Wildman–Crippen MR) is 167 cm³/mol. The number of aliphatic imine (C=N–C) groups is 1. The van der Waals surface area contributed by atoms with E-state index in [4.69, 9.17) is 4.74 Å². The van der Waals surface area contributed by atoms with Gasteiger partial charge in [0.05, 0.1) is 13.0 Å². The van der Waals surface area contributed by atoms with Crippen molar-refractivity contribution >= 4 is 62.8 Å². The minimum absolute atomic E-state index is 0.0207. The average Bonchev–Trinajstić information content (AvgIpc) is 3.56. The van der Waals surface area contributed by atoms with Gasteiger partial charge in [-0.1, -0.05) is 58.2 Å². The van der Waals surface area contributed by atoms with Gasteiger partial charge in [-0.2, -0.15) is 0 Å². The molecule has 0 radical (unpaired) electrons. The molecule has 0 fully saturated rings. The molecule has 2 aliphatic heterocycles. The highest BCUT2D eigenvalue weighted by molar-refractivity contribution is 8.14. The van der Waals surface area contributed by atoms with Gasteiger partial charge in [0.2, 0.25) is 11.8 Å². The van der Waals surface area contributed by atoms with Gasteiger partial charge in [0.1, 0.15) is 33.4 Å². The van der Waals surface area contributed by atoms with Crippen molar-refractivity contribution in [3.05, 3.63) is 16.1 Å². The number of aromatic nitrogens is 1. The summed E-state index contributed by atoms with van der Waals surface area (Å²) in [4.78, 5) is 60.9. The molecular weight excluding hydrogens is 581 g/mol. The number of fused-ring (bicyclic) bond motifs is 4. The van der Waals surface area contributed by atoms with Gasteiger partial charge in [0.25, 0.3) is 0 Å². The van der Waals surface area contributed by atoms with Crippen LogP contribution in [0.25, 0.3) is 0 Å². The first-order valence-corrected chi connectivity index (χ1v) is 17.6. The summed E-state index contributed by atoms with van der Waals surface area (Å²) in [5.41, 5.74) is -0.328. The summed E-state index contributed by atoms with van der Waals surface area (Å²) in [5.74, 6) is -0.182. The number of amides is 2. The van der Waals surface area contributed by atoms with Gasteiger partial charge in [0, 0.05) is 23.3 Å². The number of thioether (sulfide) groups is 2. The summed E-state index contributed by atoms with van der Waals surface area (Å²) in [6.45, 7) is 7.91. The second-order valence-corrected chi connectivity index (χ2v) is 14.3. The Labute approximate surface area is 256 Å². The van der Waals surface area contributed by atoms with Crippen molar-refractivity contribution in [3.8, 4) is 0 Å². The monoisotopic (exact) mass is 624 g/mol. The Morgan fingerprint density at radius 2 is 1.95 bits per heavy atom. The van der Waals surface area contributed by atoms with Crippen molar-refractivity contribution in [1.29, 1.82) is 0 Å². The fraction of sp³-hybridized carbons (Fsp3) is 0.724. The van der Waals surface area contributed by atoms with Crippen LogP contribution in [0.3, 0.4) is 0 Å².